The zero-order chi connectivity index (χ0) is 13.5. The van der Waals surface area contributed by atoms with Crippen LogP contribution in [0.4, 0.5) is 0 Å². The minimum Gasteiger partial charge on any atom is -0.483 e. The quantitative estimate of drug-likeness (QED) is 0.726. The van der Waals surface area contributed by atoms with Gasteiger partial charge in [0, 0.05) is 20.0 Å². The standard InChI is InChI=1S/C14H19NO3/c1-4-12(16)11-8-6-7-9-13(11)18-10-14(17)15(3)5-2/h6-9H,4-5,10H2,1-3H3. The van der Waals surface area contributed by atoms with Crippen LogP contribution in [0.1, 0.15) is 30.6 Å². The van der Waals surface area contributed by atoms with Gasteiger partial charge in [0.1, 0.15) is 5.75 Å². The topological polar surface area (TPSA) is 46.6 Å². The number of carbonyl (C=O) groups is 2. The third-order valence-electron chi connectivity index (χ3n) is 2.76. The van der Waals surface area contributed by atoms with E-state index in [0.29, 0.717) is 24.3 Å². The number of ketones is 1. The molecule has 0 fully saturated rings. The molecule has 98 valence electrons. The van der Waals surface area contributed by atoms with Crippen molar-refractivity contribution in [3.63, 3.8) is 0 Å². The van der Waals surface area contributed by atoms with E-state index in [0.717, 1.165) is 0 Å². The van der Waals surface area contributed by atoms with Gasteiger partial charge in [-0.1, -0.05) is 19.1 Å². The molecule has 1 aromatic carbocycles. The van der Waals surface area contributed by atoms with Gasteiger partial charge in [0.05, 0.1) is 5.56 Å². The summed E-state index contributed by atoms with van der Waals surface area (Å²) in [6.07, 6.45) is 0.420. The number of para-hydroxylation sites is 1. The van der Waals surface area contributed by atoms with Crippen LogP contribution < -0.4 is 4.74 Å². The van der Waals surface area contributed by atoms with Crippen molar-refractivity contribution in [3.05, 3.63) is 29.8 Å². The minimum absolute atomic E-state index is 0.0156. The number of carbonyl (C=O) groups excluding carboxylic acids is 2. The van der Waals surface area contributed by atoms with Crippen molar-refractivity contribution in [2.45, 2.75) is 20.3 Å². The van der Waals surface area contributed by atoms with Crippen LogP contribution in [0.3, 0.4) is 0 Å². The highest BCUT2D eigenvalue weighted by atomic mass is 16.5. The molecule has 0 aromatic heterocycles. The maximum absolute atomic E-state index is 11.7. The van der Waals surface area contributed by atoms with Crippen molar-refractivity contribution < 1.29 is 14.3 Å². The molecule has 18 heavy (non-hydrogen) atoms. The summed E-state index contributed by atoms with van der Waals surface area (Å²) in [6, 6.07) is 7.00. The molecule has 0 N–H and O–H groups in total. The first-order chi connectivity index (χ1) is 8.60. The fourth-order valence-electron chi connectivity index (χ4n) is 1.44. The van der Waals surface area contributed by atoms with Crippen LogP contribution in [0.25, 0.3) is 0 Å². The van der Waals surface area contributed by atoms with Crippen LogP contribution in [0.5, 0.6) is 5.75 Å². The fourth-order valence-corrected chi connectivity index (χ4v) is 1.44. The molecule has 0 bridgehead atoms. The number of Topliss-reactive ketones (excluding diaryl/α,β-unsaturated/α-hetero) is 1. The first-order valence-electron chi connectivity index (χ1n) is 6.09. The summed E-state index contributed by atoms with van der Waals surface area (Å²) in [5.74, 6) is 0.389. The van der Waals surface area contributed by atoms with E-state index < -0.39 is 0 Å². The Bertz CT molecular complexity index is 429. The van der Waals surface area contributed by atoms with Gasteiger partial charge in [0.2, 0.25) is 0 Å². The molecule has 0 atom stereocenters. The molecule has 4 heteroatoms. The number of benzene rings is 1. The summed E-state index contributed by atoms with van der Waals surface area (Å²) < 4.78 is 5.43. The molecule has 1 aromatic rings. The van der Waals surface area contributed by atoms with E-state index in [4.69, 9.17) is 4.74 Å². The Balaban J connectivity index is 2.73. The summed E-state index contributed by atoms with van der Waals surface area (Å²) in [7, 11) is 1.72. The molecule has 0 heterocycles. The van der Waals surface area contributed by atoms with Crippen LogP contribution in [0.15, 0.2) is 24.3 Å². The van der Waals surface area contributed by atoms with Crippen LogP contribution in [-0.2, 0) is 4.79 Å². The largest absolute Gasteiger partial charge is 0.483 e. The highest BCUT2D eigenvalue weighted by molar-refractivity contribution is 5.98. The highest BCUT2D eigenvalue weighted by Crippen LogP contribution is 2.19. The number of likely N-dealkylation sites (N-methyl/N-ethyl adjacent to an activating group) is 1. The zero-order valence-corrected chi connectivity index (χ0v) is 11.1. The van der Waals surface area contributed by atoms with Gasteiger partial charge in [-0.2, -0.15) is 0 Å². The van der Waals surface area contributed by atoms with Gasteiger partial charge < -0.3 is 9.64 Å². The molecule has 0 unspecified atom stereocenters. The second kappa shape index (κ2) is 6.79. The molecule has 0 aliphatic carbocycles. The molecule has 1 amide bonds. The van der Waals surface area contributed by atoms with Crippen LogP contribution in [-0.4, -0.2) is 36.8 Å². The number of nitrogens with zero attached hydrogens (tertiary/aromatic N) is 1. The zero-order valence-electron chi connectivity index (χ0n) is 11.1. The lowest BCUT2D eigenvalue weighted by atomic mass is 10.1. The van der Waals surface area contributed by atoms with Gasteiger partial charge in [-0.25, -0.2) is 0 Å². The van der Waals surface area contributed by atoms with Crippen molar-refractivity contribution in [1.29, 1.82) is 0 Å². The number of hydrogen-bond donors (Lipinski definition) is 0. The molecule has 0 radical (unpaired) electrons. The molecule has 1 rings (SSSR count). The van der Waals surface area contributed by atoms with Gasteiger partial charge in [0.25, 0.3) is 5.91 Å². The van der Waals surface area contributed by atoms with Crippen LogP contribution >= 0.6 is 0 Å². The van der Waals surface area contributed by atoms with Crippen molar-refractivity contribution >= 4 is 11.7 Å². The number of amides is 1. The molecule has 0 spiro atoms. The van der Waals surface area contributed by atoms with Gasteiger partial charge in [-0.3, -0.25) is 9.59 Å². The normalized spacial score (nSPS) is 9.94. The molecule has 0 aliphatic heterocycles. The Morgan fingerprint density at radius 3 is 2.50 bits per heavy atom. The predicted octanol–water partition coefficient (Wildman–Crippen LogP) is 2.14. The van der Waals surface area contributed by atoms with Crippen LogP contribution in [0.2, 0.25) is 0 Å². The summed E-state index contributed by atoms with van der Waals surface area (Å²) in [6.45, 7) is 4.29. The van der Waals surface area contributed by atoms with Crippen molar-refractivity contribution in [2.24, 2.45) is 0 Å². The molecular formula is C14H19NO3. The highest BCUT2D eigenvalue weighted by Gasteiger charge is 2.12. The molecular weight excluding hydrogens is 230 g/mol. The summed E-state index contributed by atoms with van der Waals surface area (Å²) in [5, 5.41) is 0. The van der Waals surface area contributed by atoms with E-state index in [9.17, 15) is 9.59 Å². The smallest absolute Gasteiger partial charge is 0.260 e. The lowest BCUT2D eigenvalue weighted by Crippen LogP contribution is -2.31. The van der Waals surface area contributed by atoms with E-state index in [2.05, 4.69) is 0 Å². The van der Waals surface area contributed by atoms with Crippen LogP contribution in [0, 0.1) is 0 Å². The number of ether oxygens (including phenoxy) is 1. The van der Waals surface area contributed by atoms with E-state index in [1.807, 2.05) is 6.92 Å². The third kappa shape index (κ3) is 3.58. The average Bonchev–Trinajstić information content (AvgIpc) is 2.43. The molecule has 4 nitrogen and oxygen atoms in total. The first kappa shape index (κ1) is 14.2. The average molecular weight is 249 g/mol. The Kier molecular flexibility index (Phi) is 5.36. The van der Waals surface area contributed by atoms with Crippen molar-refractivity contribution in [3.8, 4) is 5.75 Å². The van der Waals surface area contributed by atoms with Crippen molar-refractivity contribution in [1.82, 2.24) is 4.90 Å². The van der Waals surface area contributed by atoms with Crippen molar-refractivity contribution in [2.75, 3.05) is 20.2 Å². The van der Waals surface area contributed by atoms with E-state index in [1.165, 1.54) is 0 Å². The lowest BCUT2D eigenvalue weighted by molar-refractivity contribution is -0.131. The van der Waals surface area contributed by atoms with Gasteiger partial charge in [-0.05, 0) is 19.1 Å². The third-order valence-corrected chi connectivity index (χ3v) is 2.76. The van der Waals surface area contributed by atoms with Gasteiger partial charge >= 0.3 is 0 Å². The second-order valence-corrected chi connectivity index (χ2v) is 3.97. The van der Waals surface area contributed by atoms with E-state index in [-0.39, 0.29) is 18.3 Å². The summed E-state index contributed by atoms with van der Waals surface area (Å²) in [5.41, 5.74) is 0.534. The Morgan fingerprint density at radius 1 is 1.22 bits per heavy atom. The Hall–Kier alpha value is -1.84. The maximum atomic E-state index is 11.7. The lowest BCUT2D eigenvalue weighted by Gasteiger charge is -2.15. The molecule has 0 saturated heterocycles. The number of rotatable bonds is 6. The fraction of sp³-hybridized carbons (Fsp3) is 0.429. The maximum Gasteiger partial charge on any atom is 0.260 e. The molecule has 0 saturated carbocycles. The first-order valence-corrected chi connectivity index (χ1v) is 6.09. The van der Waals surface area contributed by atoms with Gasteiger partial charge in [-0.15, -0.1) is 0 Å². The predicted molar refractivity (Wildman–Crippen MR) is 69.9 cm³/mol. The van der Waals surface area contributed by atoms with E-state index in [1.54, 1.807) is 43.1 Å². The van der Waals surface area contributed by atoms with Gasteiger partial charge in [0.15, 0.2) is 12.4 Å². The monoisotopic (exact) mass is 249 g/mol. The summed E-state index contributed by atoms with van der Waals surface area (Å²) >= 11 is 0. The summed E-state index contributed by atoms with van der Waals surface area (Å²) in [4.78, 5) is 24.9. The number of hydrogen-bond acceptors (Lipinski definition) is 3. The second-order valence-electron chi connectivity index (χ2n) is 3.97. The Morgan fingerprint density at radius 2 is 1.89 bits per heavy atom. The minimum atomic E-state index is -0.101. The SMILES string of the molecule is CCC(=O)c1ccccc1OCC(=O)N(C)CC. The molecule has 0 aliphatic rings. The Labute approximate surface area is 108 Å². The van der Waals surface area contributed by atoms with E-state index >= 15 is 0 Å².